The van der Waals surface area contributed by atoms with E-state index in [1.807, 2.05) is 32.0 Å². The number of rotatable bonds is 4. The molecule has 0 fully saturated rings. The van der Waals surface area contributed by atoms with E-state index in [1.54, 1.807) is 0 Å². The Kier molecular flexibility index (Phi) is 4.00. The fraction of sp³-hybridized carbons (Fsp3) is 0.333. The second kappa shape index (κ2) is 5.53. The largest absolute Gasteiger partial charge is 0.477 e. The standard InChI is InChI=1S/C15H17NO2S/c1-4-5-12-16-13(14(19-12)15(17)18)11-7-6-9(2)10(3)8-11/h6-8H,4-5H2,1-3H3,(H,17,18). The fourth-order valence-electron chi connectivity index (χ4n) is 1.91. The van der Waals surface area contributed by atoms with Crippen molar-refractivity contribution in [3.63, 3.8) is 0 Å². The van der Waals surface area contributed by atoms with Crippen LogP contribution in [-0.4, -0.2) is 16.1 Å². The minimum absolute atomic E-state index is 0.340. The van der Waals surface area contributed by atoms with Crippen LogP contribution in [0.3, 0.4) is 0 Å². The molecule has 2 rings (SSSR count). The van der Waals surface area contributed by atoms with Gasteiger partial charge in [-0.25, -0.2) is 9.78 Å². The zero-order valence-electron chi connectivity index (χ0n) is 11.4. The number of hydrogen-bond donors (Lipinski definition) is 1. The van der Waals surface area contributed by atoms with Crippen LogP contribution in [0.4, 0.5) is 0 Å². The van der Waals surface area contributed by atoms with Crippen molar-refractivity contribution in [3.8, 4) is 11.3 Å². The molecular weight excluding hydrogens is 258 g/mol. The third-order valence-electron chi connectivity index (χ3n) is 3.11. The maximum Gasteiger partial charge on any atom is 0.348 e. The van der Waals surface area contributed by atoms with Crippen molar-refractivity contribution in [2.75, 3.05) is 0 Å². The third kappa shape index (κ3) is 2.84. The summed E-state index contributed by atoms with van der Waals surface area (Å²) in [5.74, 6) is -0.895. The Morgan fingerprint density at radius 1 is 1.32 bits per heavy atom. The number of aromatic nitrogens is 1. The van der Waals surface area contributed by atoms with Crippen LogP contribution in [0.15, 0.2) is 18.2 Å². The first-order valence-corrected chi connectivity index (χ1v) is 7.15. The highest BCUT2D eigenvalue weighted by Crippen LogP contribution is 2.30. The Hall–Kier alpha value is -1.68. The average Bonchev–Trinajstić information content (AvgIpc) is 2.77. The highest BCUT2D eigenvalue weighted by Gasteiger charge is 2.18. The van der Waals surface area contributed by atoms with E-state index in [0.717, 1.165) is 29.0 Å². The Balaban J connectivity index is 2.53. The number of aromatic carboxylic acids is 1. The number of nitrogens with zero attached hydrogens (tertiary/aromatic N) is 1. The Morgan fingerprint density at radius 3 is 2.63 bits per heavy atom. The number of thiazole rings is 1. The second-order valence-electron chi connectivity index (χ2n) is 4.64. The average molecular weight is 275 g/mol. The summed E-state index contributed by atoms with van der Waals surface area (Å²) in [6, 6.07) is 5.96. The van der Waals surface area contributed by atoms with Crippen LogP contribution in [0.1, 0.15) is 39.2 Å². The SMILES string of the molecule is CCCc1nc(-c2ccc(C)c(C)c2)c(C(=O)O)s1. The van der Waals surface area contributed by atoms with Crippen molar-refractivity contribution in [2.45, 2.75) is 33.6 Å². The predicted molar refractivity (Wildman–Crippen MR) is 78.0 cm³/mol. The second-order valence-corrected chi connectivity index (χ2v) is 5.72. The predicted octanol–water partition coefficient (Wildman–Crippen LogP) is 4.08. The monoisotopic (exact) mass is 275 g/mol. The zero-order chi connectivity index (χ0) is 14.0. The lowest BCUT2D eigenvalue weighted by Crippen LogP contribution is -1.96. The number of carboxylic acid groups (broad SMARTS) is 1. The van der Waals surface area contributed by atoms with Crippen LogP contribution < -0.4 is 0 Å². The molecule has 0 amide bonds. The van der Waals surface area contributed by atoms with E-state index in [0.29, 0.717) is 10.6 Å². The van der Waals surface area contributed by atoms with Crippen molar-refractivity contribution in [3.05, 3.63) is 39.2 Å². The van der Waals surface area contributed by atoms with Gasteiger partial charge in [-0.2, -0.15) is 0 Å². The van der Waals surface area contributed by atoms with Crippen molar-refractivity contribution >= 4 is 17.3 Å². The molecule has 100 valence electrons. The van der Waals surface area contributed by atoms with E-state index in [4.69, 9.17) is 0 Å². The van der Waals surface area contributed by atoms with Gasteiger partial charge >= 0.3 is 5.97 Å². The van der Waals surface area contributed by atoms with Gasteiger partial charge in [-0.15, -0.1) is 11.3 Å². The third-order valence-corrected chi connectivity index (χ3v) is 4.21. The lowest BCUT2D eigenvalue weighted by atomic mass is 10.0. The summed E-state index contributed by atoms with van der Waals surface area (Å²) >= 11 is 1.29. The molecule has 0 saturated heterocycles. The van der Waals surface area contributed by atoms with Gasteiger partial charge in [0.2, 0.25) is 0 Å². The van der Waals surface area contributed by atoms with Crippen molar-refractivity contribution < 1.29 is 9.90 Å². The molecule has 0 spiro atoms. The number of carbonyl (C=O) groups is 1. The first-order valence-electron chi connectivity index (χ1n) is 6.33. The van der Waals surface area contributed by atoms with Crippen LogP contribution in [0.25, 0.3) is 11.3 Å². The van der Waals surface area contributed by atoms with E-state index >= 15 is 0 Å². The summed E-state index contributed by atoms with van der Waals surface area (Å²) in [5.41, 5.74) is 3.84. The van der Waals surface area contributed by atoms with Crippen molar-refractivity contribution in [1.82, 2.24) is 4.98 Å². The van der Waals surface area contributed by atoms with E-state index in [1.165, 1.54) is 16.9 Å². The molecule has 1 heterocycles. The Bertz CT molecular complexity index is 617. The molecule has 1 aromatic carbocycles. The van der Waals surface area contributed by atoms with Gasteiger partial charge in [0.15, 0.2) is 0 Å². The lowest BCUT2D eigenvalue weighted by molar-refractivity contribution is 0.0702. The van der Waals surface area contributed by atoms with Crippen LogP contribution in [0.2, 0.25) is 0 Å². The maximum atomic E-state index is 11.3. The molecule has 2 aromatic rings. The van der Waals surface area contributed by atoms with Crippen molar-refractivity contribution in [1.29, 1.82) is 0 Å². The van der Waals surface area contributed by atoms with E-state index < -0.39 is 5.97 Å². The summed E-state index contributed by atoms with van der Waals surface area (Å²) < 4.78 is 0. The topological polar surface area (TPSA) is 50.2 Å². The molecule has 1 aromatic heterocycles. The zero-order valence-corrected chi connectivity index (χ0v) is 12.2. The molecule has 0 saturated carbocycles. The summed E-state index contributed by atoms with van der Waals surface area (Å²) in [6.45, 7) is 6.14. The smallest absolute Gasteiger partial charge is 0.348 e. The molecule has 0 unspecified atom stereocenters. The van der Waals surface area contributed by atoms with Gasteiger partial charge in [-0.3, -0.25) is 0 Å². The van der Waals surface area contributed by atoms with Crippen LogP contribution in [0.5, 0.6) is 0 Å². The number of aryl methyl sites for hydroxylation is 3. The van der Waals surface area contributed by atoms with Crippen LogP contribution >= 0.6 is 11.3 Å². The number of benzene rings is 1. The molecular formula is C15H17NO2S. The van der Waals surface area contributed by atoms with Gasteiger partial charge in [0.05, 0.1) is 10.7 Å². The minimum atomic E-state index is -0.895. The van der Waals surface area contributed by atoms with E-state index in [9.17, 15) is 9.90 Å². The van der Waals surface area contributed by atoms with Crippen LogP contribution in [-0.2, 0) is 6.42 Å². The van der Waals surface area contributed by atoms with Gasteiger partial charge in [0.25, 0.3) is 0 Å². The van der Waals surface area contributed by atoms with Gasteiger partial charge < -0.3 is 5.11 Å². The summed E-state index contributed by atoms with van der Waals surface area (Å²) in [6.07, 6.45) is 1.80. The fourth-order valence-corrected chi connectivity index (χ4v) is 2.94. The molecule has 3 nitrogen and oxygen atoms in total. The first kappa shape index (κ1) is 13.7. The maximum absolute atomic E-state index is 11.3. The quantitative estimate of drug-likeness (QED) is 0.914. The van der Waals surface area contributed by atoms with Crippen LogP contribution in [0, 0.1) is 13.8 Å². The molecule has 0 aliphatic rings. The lowest BCUT2D eigenvalue weighted by Gasteiger charge is -2.03. The van der Waals surface area contributed by atoms with Gasteiger partial charge in [0.1, 0.15) is 4.88 Å². The van der Waals surface area contributed by atoms with E-state index in [-0.39, 0.29) is 0 Å². The summed E-state index contributed by atoms with van der Waals surface area (Å²) in [5, 5.41) is 10.2. The highest BCUT2D eigenvalue weighted by atomic mass is 32.1. The minimum Gasteiger partial charge on any atom is -0.477 e. The number of carboxylic acids is 1. The first-order chi connectivity index (χ1) is 9.02. The van der Waals surface area contributed by atoms with Gasteiger partial charge in [0, 0.05) is 5.56 Å². The molecule has 19 heavy (non-hydrogen) atoms. The molecule has 0 bridgehead atoms. The molecule has 0 aliphatic heterocycles. The molecule has 0 radical (unpaired) electrons. The highest BCUT2D eigenvalue weighted by molar-refractivity contribution is 7.14. The summed E-state index contributed by atoms with van der Waals surface area (Å²) in [7, 11) is 0. The Morgan fingerprint density at radius 2 is 2.05 bits per heavy atom. The summed E-state index contributed by atoms with van der Waals surface area (Å²) in [4.78, 5) is 16.2. The molecule has 1 N–H and O–H groups in total. The Labute approximate surface area is 116 Å². The number of hydrogen-bond acceptors (Lipinski definition) is 3. The van der Waals surface area contributed by atoms with E-state index in [2.05, 4.69) is 11.9 Å². The molecule has 4 heteroatoms. The van der Waals surface area contributed by atoms with Gasteiger partial charge in [-0.05, 0) is 43.9 Å². The van der Waals surface area contributed by atoms with Crippen molar-refractivity contribution in [2.24, 2.45) is 0 Å². The van der Waals surface area contributed by atoms with Gasteiger partial charge in [-0.1, -0.05) is 19.1 Å². The molecule has 0 atom stereocenters. The normalized spacial score (nSPS) is 10.7. The molecule has 0 aliphatic carbocycles.